The minimum Gasteiger partial charge on any atom is -0.497 e. The second-order valence-electron chi connectivity index (χ2n) is 5.29. The number of hydrogen-bond acceptors (Lipinski definition) is 2. The van der Waals surface area contributed by atoms with Crippen LogP contribution in [0, 0.1) is 6.92 Å². The molecule has 0 atom stereocenters. The van der Waals surface area contributed by atoms with E-state index in [2.05, 4.69) is 47.9 Å². The third-order valence-corrected chi connectivity index (χ3v) is 3.80. The number of aryl methyl sites for hydroxylation is 1. The molecule has 2 aromatic carbocycles. The molecule has 21 heavy (non-hydrogen) atoms. The minimum atomic E-state index is 0.0455. The minimum absolute atomic E-state index is 0.0455. The highest BCUT2D eigenvalue weighted by Crippen LogP contribution is 2.23. The Morgan fingerprint density at radius 2 is 1.81 bits per heavy atom. The number of benzene rings is 2. The van der Waals surface area contributed by atoms with Crippen LogP contribution in [0.15, 0.2) is 48.5 Å². The smallest absolute Gasteiger partial charge is 0.118 e. The highest BCUT2D eigenvalue weighted by atomic mass is 16.5. The van der Waals surface area contributed by atoms with E-state index in [0.29, 0.717) is 0 Å². The maximum atomic E-state index is 9.61. The summed E-state index contributed by atoms with van der Waals surface area (Å²) < 4.78 is 7.35. The molecule has 0 spiro atoms. The molecule has 1 heterocycles. The molecule has 3 rings (SSSR count). The van der Waals surface area contributed by atoms with Gasteiger partial charge in [0, 0.05) is 23.1 Å². The Morgan fingerprint density at radius 3 is 2.48 bits per heavy atom. The number of aliphatic hydroxyl groups is 1. The average Bonchev–Trinajstić information content (AvgIpc) is 2.85. The molecular weight excluding hydrogens is 262 g/mol. The largest absolute Gasteiger partial charge is 0.497 e. The van der Waals surface area contributed by atoms with Crippen LogP contribution in [0.4, 0.5) is 0 Å². The van der Waals surface area contributed by atoms with Gasteiger partial charge in [0.2, 0.25) is 0 Å². The maximum absolute atomic E-state index is 9.61. The summed E-state index contributed by atoms with van der Waals surface area (Å²) >= 11 is 0. The third kappa shape index (κ3) is 2.65. The van der Waals surface area contributed by atoms with Crippen LogP contribution < -0.4 is 4.74 Å². The van der Waals surface area contributed by atoms with Crippen LogP contribution in [-0.2, 0) is 13.2 Å². The van der Waals surface area contributed by atoms with E-state index in [1.54, 1.807) is 7.11 Å². The lowest BCUT2D eigenvalue weighted by atomic mass is 10.2. The van der Waals surface area contributed by atoms with Gasteiger partial charge < -0.3 is 14.4 Å². The molecule has 0 fully saturated rings. The molecule has 0 radical (unpaired) electrons. The second kappa shape index (κ2) is 5.62. The van der Waals surface area contributed by atoms with Crippen molar-refractivity contribution in [2.75, 3.05) is 7.11 Å². The first kappa shape index (κ1) is 13.7. The lowest BCUT2D eigenvalue weighted by molar-refractivity contribution is 0.272. The van der Waals surface area contributed by atoms with Crippen LogP contribution in [0.5, 0.6) is 5.75 Å². The van der Waals surface area contributed by atoms with E-state index < -0.39 is 0 Å². The fourth-order valence-corrected chi connectivity index (χ4v) is 2.68. The predicted molar refractivity (Wildman–Crippen MR) is 84.7 cm³/mol. The summed E-state index contributed by atoms with van der Waals surface area (Å²) in [5.74, 6) is 0.856. The molecule has 0 amide bonds. The average molecular weight is 281 g/mol. The van der Waals surface area contributed by atoms with Gasteiger partial charge in [0.1, 0.15) is 5.75 Å². The molecule has 3 aromatic rings. The summed E-state index contributed by atoms with van der Waals surface area (Å²) in [5, 5.41) is 10.8. The molecule has 0 saturated heterocycles. The van der Waals surface area contributed by atoms with Crippen molar-refractivity contribution in [1.29, 1.82) is 0 Å². The van der Waals surface area contributed by atoms with Crippen molar-refractivity contribution < 1.29 is 9.84 Å². The van der Waals surface area contributed by atoms with Crippen LogP contribution in [0.25, 0.3) is 10.9 Å². The monoisotopic (exact) mass is 281 g/mol. The van der Waals surface area contributed by atoms with Crippen molar-refractivity contribution in [2.24, 2.45) is 0 Å². The normalized spacial score (nSPS) is 11.0. The van der Waals surface area contributed by atoms with Gasteiger partial charge in [0.25, 0.3) is 0 Å². The number of hydrogen-bond donors (Lipinski definition) is 1. The molecule has 0 unspecified atom stereocenters. The number of ether oxygens (including phenoxy) is 1. The summed E-state index contributed by atoms with van der Waals surface area (Å²) in [6.07, 6.45) is 0. The maximum Gasteiger partial charge on any atom is 0.118 e. The lowest BCUT2D eigenvalue weighted by Gasteiger charge is -2.10. The van der Waals surface area contributed by atoms with Crippen LogP contribution in [0.3, 0.4) is 0 Å². The van der Waals surface area contributed by atoms with Gasteiger partial charge in [-0.3, -0.25) is 0 Å². The quantitative estimate of drug-likeness (QED) is 0.794. The van der Waals surface area contributed by atoms with Gasteiger partial charge in [-0.1, -0.05) is 23.8 Å². The van der Waals surface area contributed by atoms with E-state index in [1.807, 2.05) is 12.1 Å². The third-order valence-electron chi connectivity index (χ3n) is 3.80. The molecule has 0 aliphatic rings. The highest BCUT2D eigenvalue weighted by Gasteiger charge is 2.09. The van der Waals surface area contributed by atoms with E-state index in [-0.39, 0.29) is 6.61 Å². The number of rotatable bonds is 4. The molecule has 0 bridgehead atoms. The van der Waals surface area contributed by atoms with Gasteiger partial charge in [0.15, 0.2) is 0 Å². The highest BCUT2D eigenvalue weighted by molar-refractivity contribution is 5.82. The Kier molecular flexibility index (Phi) is 3.67. The summed E-state index contributed by atoms with van der Waals surface area (Å²) in [7, 11) is 1.67. The van der Waals surface area contributed by atoms with Gasteiger partial charge in [-0.2, -0.15) is 0 Å². The first-order valence-electron chi connectivity index (χ1n) is 7.04. The predicted octanol–water partition coefficient (Wildman–Crippen LogP) is 3.50. The number of aliphatic hydroxyl groups excluding tert-OH is 1. The van der Waals surface area contributed by atoms with Crippen molar-refractivity contribution in [3.05, 3.63) is 65.4 Å². The van der Waals surface area contributed by atoms with Gasteiger partial charge in [0.05, 0.1) is 13.7 Å². The van der Waals surface area contributed by atoms with E-state index in [4.69, 9.17) is 4.74 Å². The molecule has 3 heteroatoms. The summed E-state index contributed by atoms with van der Waals surface area (Å²) in [5.41, 5.74) is 4.50. The van der Waals surface area contributed by atoms with E-state index in [0.717, 1.165) is 23.5 Å². The van der Waals surface area contributed by atoms with Crippen LogP contribution in [0.1, 0.15) is 16.8 Å². The molecule has 108 valence electrons. The Morgan fingerprint density at radius 1 is 1.05 bits per heavy atom. The number of fused-ring (bicyclic) bond motifs is 1. The van der Waals surface area contributed by atoms with Crippen molar-refractivity contribution in [3.8, 4) is 5.75 Å². The second-order valence-corrected chi connectivity index (χ2v) is 5.29. The van der Waals surface area contributed by atoms with Crippen molar-refractivity contribution in [3.63, 3.8) is 0 Å². The van der Waals surface area contributed by atoms with Gasteiger partial charge in [-0.05, 0) is 42.8 Å². The molecule has 1 N–H and O–H groups in total. The van der Waals surface area contributed by atoms with Gasteiger partial charge in [-0.15, -0.1) is 0 Å². The molecule has 3 nitrogen and oxygen atoms in total. The Labute approximate surface area is 124 Å². The van der Waals surface area contributed by atoms with Crippen LogP contribution >= 0.6 is 0 Å². The zero-order valence-electron chi connectivity index (χ0n) is 12.3. The van der Waals surface area contributed by atoms with Crippen molar-refractivity contribution in [1.82, 2.24) is 4.57 Å². The zero-order chi connectivity index (χ0) is 14.8. The van der Waals surface area contributed by atoms with E-state index in [1.165, 1.54) is 16.5 Å². The SMILES string of the molecule is COc1ccc(Cn2c(CO)cc3cc(C)ccc32)cc1. The van der Waals surface area contributed by atoms with E-state index >= 15 is 0 Å². The Balaban J connectivity index is 2.01. The summed E-state index contributed by atoms with van der Waals surface area (Å²) in [6.45, 7) is 2.87. The van der Waals surface area contributed by atoms with E-state index in [9.17, 15) is 5.11 Å². The molecule has 1 aromatic heterocycles. The fourth-order valence-electron chi connectivity index (χ4n) is 2.68. The van der Waals surface area contributed by atoms with Crippen LogP contribution in [-0.4, -0.2) is 16.8 Å². The number of nitrogens with zero attached hydrogens (tertiary/aromatic N) is 1. The van der Waals surface area contributed by atoms with Crippen LogP contribution in [0.2, 0.25) is 0 Å². The van der Waals surface area contributed by atoms with Gasteiger partial charge in [-0.25, -0.2) is 0 Å². The first-order chi connectivity index (χ1) is 10.2. The number of methoxy groups -OCH3 is 1. The fraction of sp³-hybridized carbons (Fsp3) is 0.222. The zero-order valence-corrected chi connectivity index (χ0v) is 12.3. The standard InChI is InChI=1S/C18H19NO2/c1-13-3-8-18-15(9-13)10-16(12-20)19(18)11-14-4-6-17(21-2)7-5-14/h3-10,20H,11-12H2,1-2H3. The summed E-state index contributed by atoms with van der Waals surface area (Å²) in [6, 6.07) is 16.5. The van der Waals surface area contributed by atoms with Gasteiger partial charge >= 0.3 is 0 Å². The topological polar surface area (TPSA) is 34.4 Å². The summed E-state index contributed by atoms with van der Waals surface area (Å²) in [4.78, 5) is 0. The van der Waals surface area contributed by atoms with Crippen molar-refractivity contribution in [2.45, 2.75) is 20.1 Å². The molecule has 0 aliphatic carbocycles. The number of aromatic nitrogens is 1. The Hall–Kier alpha value is -2.26. The lowest BCUT2D eigenvalue weighted by Crippen LogP contribution is -2.04. The molecule has 0 saturated carbocycles. The molecule has 0 aliphatic heterocycles. The first-order valence-corrected chi connectivity index (χ1v) is 7.04. The van der Waals surface area contributed by atoms with Crippen molar-refractivity contribution >= 4 is 10.9 Å². The Bertz CT molecular complexity index is 757. The molecular formula is C18H19NO2.